The van der Waals surface area contributed by atoms with Gasteiger partial charge in [0, 0.05) is 11.6 Å². The van der Waals surface area contributed by atoms with Gasteiger partial charge in [-0.15, -0.1) is 0 Å². The SMILES string of the molecule is COc1cc(NC(=S)NC(=O)c2ccc(C)cc2)c(Cl)cc1C(=O)O. The number of hydrogen-bond donors (Lipinski definition) is 3. The number of aromatic carboxylic acids is 1. The van der Waals surface area contributed by atoms with Crippen LogP contribution in [0, 0.1) is 6.92 Å². The van der Waals surface area contributed by atoms with Crippen LogP contribution in [0.2, 0.25) is 5.02 Å². The summed E-state index contributed by atoms with van der Waals surface area (Å²) in [6.45, 7) is 1.92. The van der Waals surface area contributed by atoms with Gasteiger partial charge >= 0.3 is 5.97 Å². The van der Waals surface area contributed by atoms with Gasteiger partial charge in [0.1, 0.15) is 11.3 Å². The number of amides is 1. The van der Waals surface area contributed by atoms with Crippen molar-refractivity contribution >= 4 is 46.5 Å². The minimum Gasteiger partial charge on any atom is -0.496 e. The van der Waals surface area contributed by atoms with Gasteiger partial charge in [0.2, 0.25) is 0 Å². The minimum atomic E-state index is -1.17. The first kappa shape index (κ1) is 18.7. The zero-order chi connectivity index (χ0) is 18.6. The van der Waals surface area contributed by atoms with Crippen molar-refractivity contribution in [3.8, 4) is 5.75 Å². The molecule has 2 aromatic rings. The molecule has 0 saturated heterocycles. The Balaban J connectivity index is 2.13. The average Bonchev–Trinajstić information content (AvgIpc) is 2.56. The van der Waals surface area contributed by atoms with E-state index in [1.54, 1.807) is 12.1 Å². The highest BCUT2D eigenvalue weighted by molar-refractivity contribution is 7.80. The lowest BCUT2D eigenvalue weighted by molar-refractivity contribution is 0.0693. The fraction of sp³-hybridized carbons (Fsp3) is 0.118. The number of carbonyl (C=O) groups is 2. The molecular formula is C17H15ClN2O4S. The Hall–Kier alpha value is -2.64. The van der Waals surface area contributed by atoms with Gasteiger partial charge in [-0.2, -0.15) is 0 Å². The third-order valence-electron chi connectivity index (χ3n) is 3.31. The van der Waals surface area contributed by atoms with Gasteiger partial charge < -0.3 is 15.2 Å². The Labute approximate surface area is 154 Å². The summed E-state index contributed by atoms with van der Waals surface area (Å²) in [7, 11) is 1.34. The lowest BCUT2D eigenvalue weighted by Crippen LogP contribution is -2.34. The molecule has 1 amide bonds. The molecule has 0 aromatic heterocycles. The fourth-order valence-electron chi connectivity index (χ4n) is 2.02. The number of rotatable bonds is 4. The predicted molar refractivity (Wildman–Crippen MR) is 99.8 cm³/mol. The Morgan fingerprint density at radius 1 is 1.20 bits per heavy atom. The van der Waals surface area contributed by atoms with Crippen LogP contribution in [0.15, 0.2) is 36.4 Å². The van der Waals surface area contributed by atoms with Gasteiger partial charge in [-0.25, -0.2) is 4.79 Å². The second-order valence-electron chi connectivity index (χ2n) is 5.11. The van der Waals surface area contributed by atoms with Crippen molar-refractivity contribution in [2.24, 2.45) is 0 Å². The van der Waals surface area contributed by atoms with Crippen molar-refractivity contribution in [1.29, 1.82) is 0 Å². The maximum absolute atomic E-state index is 12.1. The molecule has 6 nitrogen and oxygen atoms in total. The number of carboxylic acids is 1. The smallest absolute Gasteiger partial charge is 0.339 e. The molecule has 0 aliphatic heterocycles. The molecule has 0 saturated carbocycles. The van der Waals surface area contributed by atoms with E-state index in [9.17, 15) is 9.59 Å². The molecule has 0 heterocycles. The third-order valence-corrected chi connectivity index (χ3v) is 3.83. The first-order chi connectivity index (χ1) is 11.8. The Kier molecular flexibility index (Phi) is 5.95. The van der Waals surface area contributed by atoms with Crippen molar-refractivity contribution in [3.05, 3.63) is 58.1 Å². The van der Waals surface area contributed by atoms with Crippen LogP contribution < -0.4 is 15.4 Å². The molecule has 0 fully saturated rings. The molecule has 0 bridgehead atoms. The monoisotopic (exact) mass is 378 g/mol. The number of carbonyl (C=O) groups excluding carboxylic acids is 1. The van der Waals surface area contributed by atoms with Gasteiger partial charge in [-0.05, 0) is 37.3 Å². The van der Waals surface area contributed by atoms with E-state index in [0.717, 1.165) is 5.56 Å². The average molecular weight is 379 g/mol. The number of hydrogen-bond acceptors (Lipinski definition) is 4. The molecule has 130 valence electrons. The van der Waals surface area contributed by atoms with E-state index in [-0.39, 0.29) is 27.4 Å². The van der Waals surface area contributed by atoms with E-state index < -0.39 is 5.97 Å². The van der Waals surface area contributed by atoms with Crippen LogP contribution >= 0.6 is 23.8 Å². The normalized spacial score (nSPS) is 10.0. The van der Waals surface area contributed by atoms with Crippen molar-refractivity contribution in [1.82, 2.24) is 5.32 Å². The summed E-state index contributed by atoms with van der Waals surface area (Å²) in [4.78, 5) is 23.3. The number of halogens is 1. The highest BCUT2D eigenvalue weighted by Crippen LogP contribution is 2.31. The molecule has 2 aromatic carbocycles. The van der Waals surface area contributed by atoms with Crippen LogP contribution in [-0.2, 0) is 0 Å². The highest BCUT2D eigenvalue weighted by atomic mass is 35.5. The predicted octanol–water partition coefficient (Wildman–Crippen LogP) is 3.48. The molecule has 25 heavy (non-hydrogen) atoms. The molecule has 2 rings (SSSR count). The van der Waals surface area contributed by atoms with Crippen LogP contribution in [0.3, 0.4) is 0 Å². The van der Waals surface area contributed by atoms with Crippen LogP contribution in [0.1, 0.15) is 26.3 Å². The van der Waals surface area contributed by atoms with Gasteiger partial charge in [-0.3, -0.25) is 10.1 Å². The molecule has 3 N–H and O–H groups in total. The standard InChI is InChI=1S/C17H15ClN2O4S/c1-9-3-5-10(6-4-9)15(21)20-17(25)19-13-8-14(24-2)11(16(22)23)7-12(13)18/h3-8H,1-2H3,(H,22,23)(H2,19,20,21,25). The topological polar surface area (TPSA) is 87.7 Å². The van der Waals surface area contributed by atoms with Gasteiger partial charge in [-0.1, -0.05) is 29.3 Å². The number of thiocarbonyl (C=S) groups is 1. The first-order valence-electron chi connectivity index (χ1n) is 7.11. The van der Waals surface area contributed by atoms with Crippen LogP contribution in [-0.4, -0.2) is 29.2 Å². The molecule has 0 aliphatic carbocycles. The summed E-state index contributed by atoms with van der Waals surface area (Å²) in [5.41, 5.74) is 1.74. The summed E-state index contributed by atoms with van der Waals surface area (Å²) in [6, 6.07) is 9.65. The largest absolute Gasteiger partial charge is 0.496 e. The highest BCUT2D eigenvalue weighted by Gasteiger charge is 2.16. The number of nitrogens with one attached hydrogen (secondary N) is 2. The van der Waals surface area contributed by atoms with Crippen molar-refractivity contribution in [2.45, 2.75) is 6.92 Å². The molecule has 0 unspecified atom stereocenters. The van der Waals surface area contributed by atoms with E-state index in [0.29, 0.717) is 11.3 Å². The Morgan fingerprint density at radius 2 is 1.84 bits per heavy atom. The minimum absolute atomic E-state index is 0.0256. The molecule has 0 radical (unpaired) electrons. The second kappa shape index (κ2) is 7.96. The quantitative estimate of drug-likeness (QED) is 0.706. The molecule has 8 heteroatoms. The van der Waals surface area contributed by atoms with Crippen molar-refractivity contribution < 1.29 is 19.4 Å². The zero-order valence-electron chi connectivity index (χ0n) is 13.4. The fourth-order valence-corrected chi connectivity index (χ4v) is 2.43. The molecule has 0 aliphatic rings. The van der Waals surface area contributed by atoms with Gasteiger partial charge in [0.05, 0.1) is 17.8 Å². The third kappa shape index (κ3) is 4.68. The van der Waals surface area contributed by atoms with Crippen LogP contribution in [0.25, 0.3) is 0 Å². The zero-order valence-corrected chi connectivity index (χ0v) is 15.0. The summed E-state index contributed by atoms with van der Waals surface area (Å²) in [6.07, 6.45) is 0. The van der Waals surface area contributed by atoms with E-state index in [4.69, 9.17) is 33.7 Å². The van der Waals surface area contributed by atoms with Gasteiger partial charge in [0.15, 0.2) is 5.11 Å². The Morgan fingerprint density at radius 3 is 2.40 bits per heavy atom. The lowest BCUT2D eigenvalue weighted by Gasteiger charge is -2.13. The summed E-state index contributed by atoms with van der Waals surface area (Å²) in [5, 5.41) is 14.6. The summed E-state index contributed by atoms with van der Waals surface area (Å²) < 4.78 is 5.04. The molecule has 0 atom stereocenters. The number of methoxy groups -OCH3 is 1. The van der Waals surface area contributed by atoms with E-state index >= 15 is 0 Å². The van der Waals surface area contributed by atoms with Crippen molar-refractivity contribution in [3.63, 3.8) is 0 Å². The second-order valence-corrected chi connectivity index (χ2v) is 5.93. The molecular weight excluding hydrogens is 364 g/mol. The summed E-state index contributed by atoms with van der Waals surface area (Å²) in [5.74, 6) is -1.42. The molecule has 0 spiro atoms. The van der Waals surface area contributed by atoms with Gasteiger partial charge in [0.25, 0.3) is 5.91 Å². The first-order valence-corrected chi connectivity index (χ1v) is 7.90. The number of ether oxygens (including phenoxy) is 1. The Bertz CT molecular complexity index is 837. The summed E-state index contributed by atoms with van der Waals surface area (Å²) >= 11 is 11.2. The lowest BCUT2D eigenvalue weighted by atomic mass is 10.1. The van der Waals surface area contributed by atoms with Crippen LogP contribution in [0.4, 0.5) is 5.69 Å². The number of carboxylic acid groups (broad SMARTS) is 1. The number of anilines is 1. The van der Waals surface area contributed by atoms with Crippen molar-refractivity contribution in [2.75, 3.05) is 12.4 Å². The number of benzene rings is 2. The van der Waals surface area contributed by atoms with E-state index in [1.165, 1.54) is 19.2 Å². The number of aryl methyl sites for hydroxylation is 1. The van der Waals surface area contributed by atoms with Crippen LogP contribution in [0.5, 0.6) is 5.75 Å². The maximum Gasteiger partial charge on any atom is 0.339 e. The maximum atomic E-state index is 12.1. The van der Waals surface area contributed by atoms with E-state index in [2.05, 4.69) is 10.6 Å². The van der Waals surface area contributed by atoms with E-state index in [1.807, 2.05) is 19.1 Å².